The Kier molecular flexibility index (Phi) is 3.80. The minimum absolute atomic E-state index is 0.277. The number of hydrogen-bond acceptors (Lipinski definition) is 4. The van der Waals surface area contributed by atoms with Crippen molar-refractivity contribution in [1.82, 2.24) is 14.4 Å². The highest BCUT2D eigenvalue weighted by Gasteiger charge is 2.27. The van der Waals surface area contributed by atoms with E-state index in [2.05, 4.69) is 15.3 Å². The van der Waals surface area contributed by atoms with Gasteiger partial charge in [0.25, 0.3) is 0 Å². The maximum atomic E-state index is 11.9. The van der Waals surface area contributed by atoms with Gasteiger partial charge in [-0.15, -0.1) is 0 Å². The van der Waals surface area contributed by atoms with Crippen LogP contribution in [0.15, 0.2) is 48.8 Å². The highest BCUT2D eigenvalue weighted by Crippen LogP contribution is 2.37. The van der Waals surface area contributed by atoms with Crippen LogP contribution >= 0.6 is 7.60 Å². The number of aromatic nitrogens is 3. The number of rotatable bonds is 3. The molecule has 0 aliphatic rings. The lowest BCUT2D eigenvalue weighted by molar-refractivity contribution is 0.386. The summed E-state index contributed by atoms with van der Waals surface area (Å²) in [6.07, 6.45) is 1.42. The highest BCUT2D eigenvalue weighted by molar-refractivity contribution is 7.60. The zero-order valence-corrected chi connectivity index (χ0v) is 15.1. The molecule has 26 heavy (non-hydrogen) atoms. The highest BCUT2D eigenvalue weighted by atomic mass is 31.2. The minimum Gasteiger partial charge on any atom is -0.338 e. The topological polar surface area (TPSA) is 99.8 Å². The molecular weight excluding hydrogens is 351 g/mol. The summed E-state index contributed by atoms with van der Waals surface area (Å²) in [5.41, 5.74) is 4.29. The van der Waals surface area contributed by atoms with Gasteiger partial charge in [-0.25, -0.2) is 9.97 Å². The third kappa shape index (κ3) is 2.66. The van der Waals surface area contributed by atoms with E-state index in [0.717, 1.165) is 22.3 Å². The first-order valence-corrected chi connectivity index (χ1v) is 9.62. The van der Waals surface area contributed by atoms with Gasteiger partial charge in [-0.05, 0) is 37.1 Å². The number of para-hydroxylation sites is 3. The first-order chi connectivity index (χ1) is 12.4. The lowest BCUT2D eigenvalue weighted by Gasteiger charge is -2.15. The lowest BCUT2D eigenvalue weighted by atomic mass is 10.1. The fourth-order valence-corrected chi connectivity index (χ4v) is 3.80. The van der Waals surface area contributed by atoms with E-state index in [1.807, 2.05) is 56.3 Å². The van der Waals surface area contributed by atoms with Gasteiger partial charge < -0.3 is 15.1 Å². The molecule has 7 nitrogen and oxygen atoms in total. The van der Waals surface area contributed by atoms with Gasteiger partial charge >= 0.3 is 7.60 Å². The zero-order valence-electron chi connectivity index (χ0n) is 14.2. The van der Waals surface area contributed by atoms with E-state index in [1.165, 1.54) is 6.33 Å². The summed E-state index contributed by atoms with van der Waals surface area (Å²) in [6.45, 7) is 3.93. The third-order valence-electron chi connectivity index (χ3n) is 4.35. The second-order valence-corrected chi connectivity index (χ2v) is 7.68. The molecule has 0 spiro atoms. The summed E-state index contributed by atoms with van der Waals surface area (Å²) in [6, 6.07) is 13.3. The quantitative estimate of drug-likeness (QED) is 0.481. The molecule has 0 saturated heterocycles. The van der Waals surface area contributed by atoms with Gasteiger partial charge in [0, 0.05) is 5.69 Å². The Morgan fingerprint density at radius 1 is 1.04 bits per heavy atom. The Hall–Kier alpha value is -2.73. The van der Waals surface area contributed by atoms with Crippen molar-refractivity contribution in [2.24, 2.45) is 0 Å². The van der Waals surface area contributed by atoms with Crippen molar-refractivity contribution < 1.29 is 14.4 Å². The summed E-state index contributed by atoms with van der Waals surface area (Å²) in [5.74, 6) is 0.358. The fraction of sp³-hybridized carbons (Fsp3) is 0.111. The molecule has 2 aromatic heterocycles. The molecule has 4 rings (SSSR count). The van der Waals surface area contributed by atoms with Crippen molar-refractivity contribution in [1.29, 1.82) is 0 Å². The molecule has 2 aromatic carbocycles. The molecule has 132 valence electrons. The molecule has 0 radical (unpaired) electrons. The van der Waals surface area contributed by atoms with E-state index in [4.69, 9.17) is 0 Å². The van der Waals surface area contributed by atoms with Gasteiger partial charge in [0.2, 0.25) is 0 Å². The number of fused-ring (bicyclic) bond motifs is 3. The van der Waals surface area contributed by atoms with Crippen LogP contribution < -0.4 is 10.8 Å². The first kappa shape index (κ1) is 16.7. The zero-order chi connectivity index (χ0) is 18.5. The number of benzene rings is 2. The van der Waals surface area contributed by atoms with Gasteiger partial charge in [0.05, 0.1) is 11.0 Å². The van der Waals surface area contributed by atoms with Crippen LogP contribution in [0, 0.1) is 13.8 Å². The van der Waals surface area contributed by atoms with Crippen LogP contribution in [0.25, 0.3) is 16.6 Å². The first-order valence-electron chi connectivity index (χ1n) is 8.01. The van der Waals surface area contributed by atoms with Crippen LogP contribution in [-0.4, -0.2) is 24.2 Å². The predicted molar refractivity (Wildman–Crippen MR) is 101 cm³/mol. The van der Waals surface area contributed by atoms with Crippen molar-refractivity contribution in [3.8, 4) is 0 Å². The normalized spacial score (nSPS) is 12.0. The van der Waals surface area contributed by atoms with Crippen LogP contribution in [0.5, 0.6) is 0 Å². The number of aryl methyl sites for hydroxylation is 2. The standard InChI is InChI=1S/C18H17N4O3P/c1-11-6-5-7-12(2)15(11)21-17-16-18(26(23,24)25)19-10-22(16)14-9-4-3-8-13(14)20-17/h3-10H,1-2H3,(H,20,21)(H2,23,24,25). The molecule has 0 saturated carbocycles. The van der Waals surface area contributed by atoms with Crippen LogP contribution in [0.4, 0.5) is 11.5 Å². The monoisotopic (exact) mass is 368 g/mol. The number of imidazole rings is 1. The van der Waals surface area contributed by atoms with Gasteiger partial charge in [-0.3, -0.25) is 8.97 Å². The van der Waals surface area contributed by atoms with E-state index in [0.29, 0.717) is 11.3 Å². The van der Waals surface area contributed by atoms with Crippen molar-refractivity contribution in [3.63, 3.8) is 0 Å². The lowest BCUT2D eigenvalue weighted by Crippen LogP contribution is -2.10. The molecule has 0 unspecified atom stereocenters. The van der Waals surface area contributed by atoms with Crippen molar-refractivity contribution in [3.05, 3.63) is 59.9 Å². The van der Waals surface area contributed by atoms with Crippen molar-refractivity contribution in [2.75, 3.05) is 5.32 Å². The predicted octanol–water partition coefficient (Wildman–Crippen LogP) is 3.05. The average molecular weight is 368 g/mol. The second-order valence-electron chi connectivity index (χ2n) is 6.17. The van der Waals surface area contributed by atoms with Crippen molar-refractivity contribution in [2.45, 2.75) is 13.8 Å². The molecule has 4 aromatic rings. The maximum absolute atomic E-state index is 11.9. The summed E-state index contributed by atoms with van der Waals surface area (Å²) < 4.78 is 13.6. The molecule has 2 heterocycles. The van der Waals surface area contributed by atoms with Gasteiger partial charge in [-0.1, -0.05) is 30.3 Å². The molecule has 0 atom stereocenters. The number of hydrogen-bond donors (Lipinski definition) is 3. The van der Waals surface area contributed by atoms with E-state index >= 15 is 0 Å². The summed E-state index contributed by atoms with van der Waals surface area (Å²) in [4.78, 5) is 28.1. The molecular formula is C18H17N4O3P. The number of anilines is 2. The minimum atomic E-state index is -4.56. The van der Waals surface area contributed by atoms with Gasteiger partial charge in [0.15, 0.2) is 11.3 Å². The van der Waals surface area contributed by atoms with Crippen LogP contribution in [0.2, 0.25) is 0 Å². The van der Waals surface area contributed by atoms with E-state index in [1.54, 1.807) is 4.40 Å². The van der Waals surface area contributed by atoms with Crippen LogP contribution in [0.1, 0.15) is 11.1 Å². The van der Waals surface area contributed by atoms with E-state index in [-0.39, 0.29) is 11.0 Å². The summed E-state index contributed by atoms with van der Waals surface area (Å²) in [7, 11) is -4.56. The van der Waals surface area contributed by atoms with E-state index < -0.39 is 7.60 Å². The molecule has 3 N–H and O–H groups in total. The number of nitrogens with one attached hydrogen (secondary N) is 1. The SMILES string of the molecule is Cc1cccc(C)c1Nc1nc2ccccc2n2cnc(P(=O)(O)O)c12. The molecule has 8 heteroatoms. The second kappa shape index (κ2) is 5.92. The van der Waals surface area contributed by atoms with Crippen LogP contribution in [0.3, 0.4) is 0 Å². The smallest absolute Gasteiger partial charge is 0.338 e. The third-order valence-corrected chi connectivity index (χ3v) is 5.23. The molecule has 0 amide bonds. The molecule has 0 bridgehead atoms. The molecule has 0 fully saturated rings. The Bertz CT molecular complexity index is 1180. The Morgan fingerprint density at radius 3 is 2.42 bits per heavy atom. The average Bonchev–Trinajstić information content (AvgIpc) is 3.04. The Balaban J connectivity index is 2.06. The number of nitrogens with zero attached hydrogens (tertiary/aromatic N) is 3. The van der Waals surface area contributed by atoms with E-state index in [9.17, 15) is 14.4 Å². The fourth-order valence-electron chi connectivity index (χ4n) is 3.11. The molecule has 0 aliphatic heterocycles. The molecule has 0 aliphatic carbocycles. The summed E-state index contributed by atoms with van der Waals surface area (Å²) >= 11 is 0. The van der Waals surface area contributed by atoms with Gasteiger partial charge in [-0.2, -0.15) is 0 Å². The largest absolute Gasteiger partial charge is 0.376 e. The maximum Gasteiger partial charge on any atom is 0.376 e. The summed E-state index contributed by atoms with van der Waals surface area (Å²) in [5, 5.41) is 3.26. The van der Waals surface area contributed by atoms with Crippen LogP contribution in [-0.2, 0) is 4.57 Å². The Labute approximate surface area is 149 Å². The van der Waals surface area contributed by atoms with Gasteiger partial charge in [0.1, 0.15) is 11.8 Å². The van der Waals surface area contributed by atoms with Crippen molar-refractivity contribution >= 4 is 41.1 Å². The Morgan fingerprint density at radius 2 is 1.73 bits per heavy atom.